The van der Waals surface area contributed by atoms with E-state index in [4.69, 9.17) is 9.47 Å². The average Bonchev–Trinajstić information content (AvgIpc) is 3.04. The highest BCUT2D eigenvalue weighted by atomic mass is 32.1. The van der Waals surface area contributed by atoms with Gasteiger partial charge in [0.2, 0.25) is 0 Å². The summed E-state index contributed by atoms with van der Waals surface area (Å²) in [7, 11) is 1.58. The lowest BCUT2D eigenvalue weighted by Gasteiger charge is -2.22. The predicted molar refractivity (Wildman–Crippen MR) is 105 cm³/mol. The Morgan fingerprint density at radius 2 is 1.96 bits per heavy atom. The van der Waals surface area contributed by atoms with E-state index in [0.29, 0.717) is 28.5 Å². The number of quaternary nitrogens is 1. The highest BCUT2D eigenvalue weighted by Crippen LogP contribution is 2.35. The summed E-state index contributed by atoms with van der Waals surface area (Å²) >= 11 is 1.49. The Bertz CT molecular complexity index is 829. The van der Waals surface area contributed by atoms with Crippen molar-refractivity contribution in [1.29, 1.82) is 0 Å². The first-order chi connectivity index (χ1) is 13.1. The third kappa shape index (κ3) is 4.14. The Labute approximate surface area is 163 Å². The molecule has 0 radical (unpaired) electrons. The van der Waals surface area contributed by atoms with Crippen LogP contribution in [-0.4, -0.2) is 38.7 Å². The summed E-state index contributed by atoms with van der Waals surface area (Å²) in [6.07, 6.45) is 0.821. The largest absolute Gasteiger partial charge is 0.497 e. The minimum absolute atomic E-state index is 0.249. The molecule has 1 aromatic heterocycles. The van der Waals surface area contributed by atoms with Gasteiger partial charge in [0.25, 0.3) is 5.91 Å². The van der Waals surface area contributed by atoms with Crippen LogP contribution in [-0.2, 0) is 17.7 Å². The van der Waals surface area contributed by atoms with Crippen LogP contribution in [0.5, 0.6) is 5.75 Å². The van der Waals surface area contributed by atoms with Crippen LogP contribution in [0.15, 0.2) is 24.3 Å². The molecule has 0 bridgehead atoms. The fourth-order valence-electron chi connectivity index (χ4n) is 3.26. The van der Waals surface area contributed by atoms with E-state index in [2.05, 4.69) is 12.2 Å². The van der Waals surface area contributed by atoms with Crippen molar-refractivity contribution in [1.82, 2.24) is 0 Å². The van der Waals surface area contributed by atoms with E-state index >= 15 is 0 Å². The fourth-order valence-corrected chi connectivity index (χ4v) is 4.57. The number of rotatable bonds is 6. The second-order valence-electron chi connectivity index (χ2n) is 6.39. The molecule has 144 valence electrons. The number of amides is 1. The van der Waals surface area contributed by atoms with Gasteiger partial charge >= 0.3 is 5.97 Å². The molecule has 0 spiro atoms. The zero-order valence-corrected chi connectivity index (χ0v) is 16.7. The van der Waals surface area contributed by atoms with Gasteiger partial charge in [0.15, 0.2) is 0 Å². The number of likely N-dealkylation sites (N-methyl/N-ethyl adjacent to an activating group) is 1. The monoisotopic (exact) mass is 389 g/mol. The molecular formula is C20H25N2O4S+. The number of hydrogen-bond donors (Lipinski definition) is 2. The quantitative estimate of drug-likeness (QED) is 0.743. The number of fused-ring (bicyclic) bond motifs is 1. The summed E-state index contributed by atoms with van der Waals surface area (Å²) < 4.78 is 10.4. The highest BCUT2D eigenvalue weighted by Gasteiger charge is 2.30. The van der Waals surface area contributed by atoms with Crippen molar-refractivity contribution in [2.75, 3.05) is 32.1 Å². The highest BCUT2D eigenvalue weighted by molar-refractivity contribution is 7.17. The molecule has 2 aromatic rings. The Kier molecular flexibility index (Phi) is 6.13. The Hall–Kier alpha value is -2.38. The standard InChI is InChI=1S/C20H24N2O4S/c1-4-22-11-10-15-16(12-22)27-19(17(15)20(24)26-5-2)21-18(23)13-6-8-14(25-3)9-7-13/h6-9H,4-5,10-12H2,1-3H3,(H,21,23)/p+1. The maximum Gasteiger partial charge on any atom is 0.341 e. The molecule has 0 fully saturated rings. The lowest BCUT2D eigenvalue weighted by Crippen LogP contribution is -3.11. The third-order valence-electron chi connectivity index (χ3n) is 4.79. The summed E-state index contributed by atoms with van der Waals surface area (Å²) in [5.41, 5.74) is 2.06. The van der Waals surface area contributed by atoms with Crippen molar-refractivity contribution in [3.8, 4) is 5.75 Å². The maximum atomic E-state index is 12.7. The predicted octanol–water partition coefficient (Wildman–Crippen LogP) is 2.15. The molecular weight excluding hydrogens is 364 g/mol. The van der Waals surface area contributed by atoms with Crippen LogP contribution < -0.4 is 15.0 Å². The van der Waals surface area contributed by atoms with Crippen molar-refractivity contribution in [2.45, 2.75) is 26.8 Å². The molecule has 1 atom stereocenters. The molecule has 2 heterocycles. The maximum absolute atomic E-state index is 12.7. The third-order valence-corrected chi connectivity index (χ3v) is 5.94. The molecule has 1 aromatic carbocycles. The summed E-state index contributed by atoms with van der Waals surface area (Å²) in [5.74, 6) is 0.0782. The van der Waals surface area contributed by atoms with Crippen molar-refractivity contribution in [2.24, 2.45) is 0 Å². The number of ether oxygens (including phenoxy) is 2. The van der Waals surface area contributed by atoms with Gasteiger partial charge in [0, 0.05) is 12.0 Å². The number of hydrogen-bond acceptors (Lipinski definition) is 5. The molecule has 0 saturated carbocycles. The van der Waals surface area contributed by atoms with Crippen molar-refractivity contribution >= 4 is 28.2 Å². The lowest BCUT2D eigenvalue weighted by molar-refractivity contribution is -0.913. The molecule has 3 rings (SSSR count). The van der Waals surface area contributed by atoms with Crippen molar-refractivity contribution in [3.05, 3.63) is 45.8 Å². The molecule has 1 aliphatic rings. The number of nitrogens with one attached hydrogen (secondary N) is 2. The van der Waals surface area contributed by atoms with Gasteiger partial charge in [-0.15, -0.1) is 11.3 Å². The zero-order chi connectivity index (χ0) is 19.4. The number of carbonyl (C=O) groups is 2. The van der Waals surface area contributed by atoms with Crippen molar-refractivity contribution < 1.29 is 24.0 Å². The van der Waals surface area contributed by atoms with Gasteiger partial charge in [-0.3, -0.25) is 4.79 Å². The van der Waals surface area contributed by atoms with Gasteiger partial charge in [0.1, 0.15) is 17.3 Å². The van der Waals surface area contributed by atoms with E-state index in [1.807, 2.05) is 0 Å². The first-order valence-corrected chi connectivity index (χ1v) is 9.99. The van der Waals surface area contributed by atoms with Crippen LogP contribution in [0.2, 0.25) is 0 Å². The van der Waals surface area contributed by atoms with Crippen LogP contribution in [0.4, 0.5) is 5.00 Å². The molecule has 7 heteroatoms. The van der Waals surface area contributed by atoms with Gasteiger partial charge in [-0.2, -0.15) is 0 Å². The number of benzene rings is 1. The Balaban J connectivity index is 1.90. The van der Waals surface area contributed by atoms with Gasteiger partial charge in [-0.05, 0) is 43.7 Å². The summed E-state index contributed by atoms with van der Waals surface area (Å²) in [6.45, 7) is 7.16. The van der Waals surface area contributed by atoms with Crippen LogP contribution in [0.1, 0.15) is 45.0 Å². The minimum Gasteiger partial charge on any atom is -0.497 e. The molecule has 1 amide bonds. The number of anilines is 1. The normalized spacial score (nSPS) is 15.7. The average molecular weight is 389 g/mol. The van der Waals surface area contributed by atoms with Crippen LogP contribution >= 0.6 is 11.3 Å². The van der Waals surface area contributed by atoms with E-state index in [1.54, 1.807) is 38.3 Å². The number of carbonyl (C=O) groups excluding carboxylic acids is 2. The number of methoxy groups -OCH3 is 1. The zero-order valence-electron chi connectivity index (χ0n) is 15.9. The van der Waals surface area contributed by atoms with Crippen LogP contribution in [0.25, 0.3) is 0 Å². The van der Waals surface area contributed by atoms with Gasteiger partial charge in [-0.25, -0.2) is 4.79 Å². The smallest absolute Gasteiger partial charge is 0.341 e. The van der Waals surface area contributed by atoms with E-state index < -0.39 is 0 Å². The summed E-state index contributed by atoms with van der Waals surface area (Å²) in [5, 5.41) is 3.50. The molecule has 0 saturated heterocycles. The number of esters is 1. The Morgan fingerprint density at radius 3 is 2.59 bits per heavy atom. The van der Waals surface area contributed by atoms with E-state index in [1.165, 1.54) is 16.2 Å². The molecule has 2 N–H and O–H groups in total. The summed E-state index contributed by atoms with van der Waals surface area (Å²) in [6, 6.07) is 6.88. The molecule has 1 aliphatic heterocycles. The topological polar surface area (TPSA) is 69.1 Å². The lowest BCUT2D eigenvalue weighted by atomic mass is 10.0. The SMILES string of the molecule is CCOC(=O)c1c(NC(=O)c2ccc(OC)cc2)sc2c1CC[NH+](CC)C2. The van der Waals surface area contributed by atoms with Gasteiger partial charge in [-0.1, -0.05) is 0 Å². The minimum atomic E-state index is -0.361. The van der Waals surface area contributed by atoms with Crippen molar-refractivity contribution in [3.63, 3.8) is 0 Å². The van der Waals surface area contributed by atoms with Crippen LogP contribution in [0.3, 0.4) is 0 Å². The first-order valence-electron chi connectivity index (χ1n) is 9.18. The molecule has 6 nitrogen and oxygen atoms in total. The van der Waals surface area contributed by atoms with E-state index in [-0.39, 0.29) is 11.9 Å². The Morgan fingerprint density at radius 1 is 1.22 bits per heavy atom. The summed E-state index contributed by atoms with van der Waals surface area (Å²) in [4.78, 5) is 27.9. The van der Waals surface area contributed by atoms with Gasteiger partial charge < -0.3 is 19.7 Å². The van der Waals surface area contributed by atoms with E-state index in [9.17, 15) is 9.59 Å². The molecule has 27 heavy (non-hydrogen) atoms. The van der Waals surface area contributed by atoms with E-state index in [0.717, 1.165) is 36.5 Å². The fraction of sp³-hybridized carbons (Fsp3) is 0.400. The van der Waals surface area contributed by atoms with Gasteiger partial charge in [0.05, 0.1) is 37.2 Å². The molecule has 1 unspecified atom stereocenters. The second-order valence-corrected chi connectivity index (χ2v) is 7.50. The van der Waals surface area contributed by atoms with Crippen LogP contribution in [0, 0.1) is 0 Å². The number of thiophene rings is 1. The molecule has 0 aliphatic carbocycles. The first kappa shape index (κ1) is 19.4. The second kappa shape index (κ2) is 8.54.